The molecule has 0 radical (unpaired) electrons. The van der Waals surface area contributed by atoms with Gasteiger partial charge in [0.15, 0.2) is 0 Å². The number of nitrogens with zero attached hydrogens (tertiary/aromatic N) is 4. The van der Waals surface area contributed by atoms with Crippen molar-refractivity contribution in [2.45, 2.75) is 20.4 Å². The van der Waals surface area contributed by atoms with Crippen LogP contribution in [-0.2, 0) is 6.54 Å². The Morgan fingerprint density at radius 1 is 1.00 bits per heavy atom. The average Bonchev–Trinajstić information content (AvgIpc) is 3.07. The number of fused-ring (bicyclic) bond motifs is 1. The summed E-state index contributed by atoms with van der Waals surface area (Å²) < 4.78 is 1.84. The van der Waals surface area contributed by atoms with Crippen molar-refractivity contribution in [3.05, 3.63) is 83.0 Å². The van der Waals surface area contributed by atoms with E-state index in [1.54, 1.807) is 24.4 Å². The van der Waals surface area contributed by atoms with Crippen LogP contribution in [0, 0.1) is 13.8 Å². The minimum absolute atomic E-state index is 0.221. The Labute approximate surface area is 156 Å². The lowest BCUT2D eigenvalue weighted by Crippen LogP contribution is -2.12. The van der Waals surface area contributed by atoms with Gasteiger partial charge >= 0.3 is 0 Å². The first-order chi connectivity index (χ1) is 13.1. The SMILES string of the molecule is Cc1ccc(Cn2nnc3cc(C(=O)Nc4ccc(C)cn4)ccc32)cc1. The van der Waals surface area contributed by atoms with E-state index in [-0.39, 0.29) is 5.91 Å². The summed E-state index contributed by atoms with van der Waals surface area (Å²) in [7, 11) is 0. The van der Waals surface area contributed by atoms with E-state index in [1.807, 2.05) is 23.7 Å². The number of aryl methyl sites for hydroxylation is 2. The van der Waals surface area contributed by atoms with Gasteiger partial charge in [0.05, 0.1) is 12.1 Å². The van der Waals surface area contributed by atoms with Crippen molar-refractivity contribution >= 4 is 22.8 Å². The number of amides is 1. The summed E-state index contributed by atoms with van der Waals surface area (Å²) in [5.41, 5.74) is 5.51. The van der Waals surface area contributed by atoms with Gasteiger partial charge < -0.3 is 5.32 Å². The van der Waals surface area contributed by atoms with Gasteiger partial charge in [-0.15, -0.1) is 5.10 Å². The molecule has 134 valence electrons. The number of pyridine rings is 1. The predicted octanol–water partition coefficient (Wildman–Crippen LogP) is 3.74. The Morgan fingerprint density at radius 2 is 1.78 bits per heavy atom. The van der Waals surface area contributed by atoms with Crippen molar-refractivity contribution in [2.75, 3.05) is 5.32 Å². The highest BCUT2D eigenvalue weighted by Gasteiger charge is 2.11. The number of hydrogen-bond donors (Lipinski definition) is 1. The number of anilines is 1. The van der Waals surface area contributed by atoms with E-state index in [1.165, 1.54) is 5.56 Å². The number of nitrogens with one attached hydrogen (secondary N) is 1. The molecule has 0 saturated heterocycles. The summed E-state index contributed by atoms with van der Waals surface area (Å²) in [4.78, 5) is 16.7. The summed E-state index contributed by atoms with van der Waals surface area (Å²) in [5, 5.41) is 11.2. The van der Waals surface area contributed by atoms with Crippen molar-refractivity contribution in [1.29, 1.82) is 0 Å². The lowest BCUT2D eigenvalue weighted by atomic mass is 10.1. The molecular weight excluding hydrogens is 338 g/mol. The molecule has 4 rings (SSSR count). The monoisotopic (exact) mass is 357 g/mol. The summed E-state index contributed by atoms with van der Waals surface area (Å²) in [6, 6.07) is 17.4. The summed E-state index contributed by atoms with van der Waals surface area (Å²) in [6.45, 7) is 4.65. The van der Waals surface area contributed by atoms with Crippen LogP contribution in [0.3, 0.4) is 0 Å². The zero-order chi connectivity index (χ0) is 18.8. The molecule has 2 aromatic carbocycles. The number of aromatic nitrogens is 4. The van der Waals surface area contributed by atoms with Crippen LogP contribution in [0.4, 0.5) is 5.82 Å². The third-order valence-corrected chi connectivity index (χ3v) is 4.38. The van der Waals surface area contributed by atoms with Crippen LogP contribution in [-0.4, -0.2) is 25.9 Å². The Balaban J connectivity index is 1.55. The van der Waals surface area contributed by atoms with Crippen molar-refractivity contribution in [2.24, 2.45) is 0 Å². The van der Waals surface area contributed by atoms with E-state index in [0.29, 0.717) is 23.4 Å². The van der Waals surface area contributed by atoms with Gasteiger partial charge in [0.25, 0.3) is 5.91 Å². The smallest absolute Gasteiger partial charge is 0.256 e. The Hall–Kier alpha value is -3.54. The zero-order valence-corrected chi connectivity index (χ0v) is 15.2. The van der Waals surface area contributed by atoms with Crippen LogP contribution < -0.4 is 5.32 Å². The fourth-order valence-corrected chi connectivity index (χ4v) is 2.83. The van der Waals surface area contributed by atoms with Crippen molar-refractivity contribution in [3.8, 4) is 0 Å². The maximum atomic E-state index is 12.5. The first-order valence-electron chi connectivity index (χ1n) is 8.71. The summed E-state index contributed by atoms with van der Waals surface area (Å²) in [5.74, 6) is 0.301. The number of carbonyl (C=O) groups excluding carboxylic acids is 1. The molecule has 1 amide bonds. The van der Waals surface area contributed by atoms with Crippen LogP contribution in [0.25, 0.3) is 11.0 Å². The summed E-state index contributed by atoms with van der Waals surface area (Å²) in [6.07, 6.45) is 1.72. The third-order valence-electron chi connectivity index (χ3n) is 4.38. The van der Waals surface area contributed by atoms with Crippen LogP contribution >= 0.6 is 0 Å². The van der Waals surface area contributed by atoms with Crippen molar-refractivity contribution in [3.63, 3.8) is 0 Å². The number of hydrogen-bond acceptors (Lipinski definition) is 4. The molecule has 27 heavy (non-hydrogen) atoms. The fraction of sp³-hybridized carbons (Fsp3) is 0.143. The molecule has 0 aliphatic heterocycles. The minimum Gasteiger partial charge on any atom is -0.307 e. The van der Waals surface area contributed by atoms with E-state index in [4.69, 9.17) is 0 Å². The van der Waals surface area contributed by atoms with E-state index in [2.05, 4.69) is 51.8 Å². The van der Waals surface area contributed by atoms with Crippen LogP contribution in [0.1, 0.15) is 27.0 Å². The highest BCUT2D eigenvalue weighted by molar-refractivity contribution is 6.05. The van der Waals surface area contributed by atoms with Gasteiger partial charge in [0.1, 0.15) is 11.3 Å². The highest BCUT2D eigenvalue weighted by Crippen LogP contribution is 2.16. The number of carbonyl (C=O) groups is 1. The van der Waals surface area contributed by atoms with Gasteiger partial charge in [-0.1, -0.05) is 41.1 Å². The second kappa shape index (κ2) is 6.99. The summed E-state index contributed by atoms with van der Waals surface area (Å²) >= 11 is 0. The topological polar surface area (TPSA) is 72.7 Å². The molecule has 1 N–H and O–H groups in total. The largest absolute Gasteiger partial charge is 0.307 e. The van der Waals surface area contributed by atoms with Crippen LogP contribution in [0.5, 0.6) is 0 Å². The van der Waals surface area contributed by atoms with Gasteiger partial charge in [-0.25, -0.2) is 9.67 Å². The lowest BCUT2D eigenvalue weighted by Gasteiger charge is -2.06. The average molecular weight is 357 g/mol. The van der Waals surface area contributed by atoms with Gasteiger partial charge in [-0.05, 0) is 49.2 Å². The Kier molecular flexibility index (Phi) is 4.38. The maximum Gasteiger partial charge on any atom is 0.256 e. The van der Waals surface area contributed by atoms with Gasteiger partial charge in [-0.3, -0.25) is 4.79 Å². The second-order valence-corrected chi connectivity index (χ2v) is 6.61. The lowest BCUT2D eigenvalue weighted by molar-refractivity contribution is 0.102. The highest BCUT2D eigenvalue weighted by atomic mass is 16.1. The number of rotatable bonds is 4. The first-order valence-corrected chi connectivity index (χ1v) is 8.71. The third kappa shape index (κ3) is 3.69. The molecule has 2 heterocycles. The van der Waals surface area contributed by atoms with E-state index in [0.717, 1.165) is 16.6 Å². The molecule has 2 aromatic heterocycles. The van der Waals surface area contributed by atoms with E-state index in [9.17, 15) is 4.79 Å². The molecule has 0 aliphatic carbocycles. The van der Waals surface area contributed by atoms with Gasteiger partial charge in [-0.2, -0.15) is 0 Å². The van der Waals surface area contributed by atoms with Crippen molar-refractivity contribution < 1.29 is 4.79 Å². The normalized spacial score (nSPS) is 10.9. The number of benzene rings is 2. The van der Waals surface area contributed by atoms with E-state index < -0.39 is 0 Å². The molecule has 0 fully saturated rings. The molecule has 0 saturated carbocycles. The fourth-order valence-electron chi connectivity index (χ4n) is 2.83. The molecule has 6 nitrogen and oxygen atoms in total. The van der Waals surface area contributed by atoms with Crippen LogP contribution in [0.2, 0.25) is 0 Å². The molecular formula is C21H19N5O. The molecule has 0 atom stereocenters. The minimum atomic E-state index is -0.221. The maximum absolute atomic E-state index is 12.5. The second-order valence-electron chi connectivity index (χ2n) is 6.61. The predicted molar refractivity (Wildman–Crippen MR) is 105 cm³/mol. The van der Waals surface area contributed by atoms with Gasteiger partial charge in [0.2, 0.25) is 0 Å². The standard InChI is InChI=1S/C21H19N5O/c1-14-3-6-16(7-4-14)13-26-19-9-8-17(11-18(19)24-25-26)21(27)23-20-10-5-15(2)12-22-20/h3-12H,13H2,1-2H3,(H,22,23,27). The molecule has 0 bridgehead atoms. The molecule has 6 heteroatoms. The van der Waals surface area contributed by atoms with Crippen LogP contribution in [0.15, 0.2) is 60.8 Å². The zero-order valence-electron chi connectivity index (χ0n) is 15.2. The molecule has 0 aliphatic rings. The van der Waals surface area contributed by atoms with E-state index >= 15 is 0 Å². The Morgan fingerprint density at radius 3 is 2.52 bits per heavy atom. The van der Waals surface area contributed by atoms with Crippen molar-refractivity contribution in [1.82, 2.24) is 20.0 Å². The molecule has 0 spiro atoms. The molecule has 0 unspecified atom stereocenters. The quantitative estimate of drug-likeness (QED) is 0.604. The first kappa shape index (κ1) is 16.9. The Bertz CT molecular complexity index is 1100. The van der Waals surface area contributed by atoms with Gasteiger partial charge in [0, 0.05) is 11.8 Å². The molecule has 4 aromatic rings.